The van der Waals surface area contributed by atoms with E-state index >= 15 is 0 Å². The van der Waals surface area contributed by atoms with Gasteiger partial charge in [0.25, 0.3) is 5.91 Å². The Labute approximate surface area is 114 Å². The van der Waals surface area contributed by atoms with Crippen molar-refractivity contribution in [2.75, 3.05) is 0 Å². The van der Waals surface area contributed by atoms with Crippen molar-refractivity contribution in [2.45, 2.75) is 25.3 Å². The van der Waals surface area contributed by atoms with Gasteiger partial charge in [-0.05, 0) is 29.7 Å². The molecule has 2 N–H and O–H groups in total. The van der Waals surface area contributed by atoms with Crippen LogP contribution in [-0.4, -0.2) is 32.5 Å². The van der Waals surface area contributed by atoms with Gasteiger partial charge < -0.3 is 20.5 Å². The Morgan fingerprint density at radius 2 is 2.20 bits per heavy atom. The fourth-order valence-corrected chi connectivity index (χ4v) is 2.18. The number of hydrogen-bond donors (Lipinski definition) is 2. The first-order valence-corrected chi connectivity index (χ1v) is 6.23. The van der Waals surface area contributed by atoms with Crippen LogP contribution in [0.2, 0.25) is 0 Å². The van der Waals surface area contributed by atoms with E-state index in [0.717, 1.165) is 12.8 Å². The first kappa shape index (κ1) is 14.0. The molecule has 8 heteroatoms. The Kier molecular flexibility index (Phi) is 3.73. The van der Waals surface area contributed by atoms with E-state index in [1.54, 1.807) is 0 Å². The van der Waals surface area contributed by atoms with Gasteiger partial charge in [-0.25, -0.2) is 4.57 Å². The molecule has 1 aromatic rings. The van der Waals surface area contributed by atoms with Crippen LogP contribution >= 0.6 is 0 Å². The number of carbonyl (C=O) groups excluding carboxylic acids is 1. The number of hydrogen-bond acceptors (Lipinski definition) is 4. The average Bonchev–Trinajstić information content (AvgIpc) is 3.10. The van der Waals surface area contributed by atoms with E-state index in [1.165, 1.54) is 23.7 Å². The zero-order valence-electron chi connectivity index (χ0n) is 10.9. The van der Waals surface area contributed by atoms with Crippen LogP contribution in [0, 0.1) is 16.0 Å². The van der Waals surface area contributed by atoms with E-state index in [0.29, 0.717) is 0 Å². The van der Waals surface area contributed by atoms with E-state index in [1.807, 2.05) is 0 Å². The highest BCUT2D eigenvalue weighted by atomic mass is 16.6. The maximum atomic E-state index is 12.1. The number of carboxylic acids is 1. The summed E-state index contributed by atoms with van der Waals surface area (Å²) in [6, 6.07) is 2.19. The van der Waals surface area contributed by atoms with Gasteiger partial charge in [0.15, 0.2) is 5.69 Å². The van der Waals surface area contributed by atoms with Crippen molar-refractivity contribution in [1.82, 2.24) is 9.88 Å². The normalized spacial score (nSPS) is 15.7. The van der Waals surface area contributed by atoms with Gasteiger partial charge in [-0.15, -0.1) is 0 Å². The third kappa shape index (κ3) is 2.95. The first-order valence-electron chi connectivity index (χ1n) is 6.23. The molecule has 0 aromatic carbocycles. The van der Waals surface area contributed by atoms with Gasteiger partial charge in [0.1, 0.15) is 0 Å². The lowest BCUT2D eigenvalue weighted by molar-refractivity contribution is -0.391. The Morgan fingerprint density at radius 1 is 1.55 bits per heavy atom. The highest BCUT2D eigenvalue weighted by molar-refractivity contribution is 5.93. The van der Waals surface area contributed by atoms with Crippen molar-refractivity contribution in [2.24, 2.45) is 13.0 Å². The summed E-state index contributed by atoms with van der Waals surface area (Å²) in [6.45, 7) is 0. The Bertz CT molecular complexity index is 561. The maximum Gasteiger partial charge on any atom is 0.323 e. The predicted octanol–water partition coefficient (Wildman–Crippen LogP) is 0.916. The molecule has 1 saturated carbocycles. The molecule has 0 spiro atoms. The summed E-state index contributed by atoms with van der Waals surface area (Å²) in [7, 11) is 1.43. The summed E-state index contributed by atoms with van der Waals surface area (Å²) in [6.07, 6.45) is 1.65. The molecule has 0 radical (unpaired) electrons. The average molecular weight is 281 g/mol. The molecular weight excluding hydrogens is 266 g/mol. The first-order chi connectivity index (χ1) is 9.40. The fourth-order valence-electron chi connectivity index (χ4n) is 2.18. The second-order valence-corrected chi connectivity index (χ2v) is 4.91. The monoisotopic (exact) mass is 281 g/mol. The van der Waals surface area contributed by atoms with Crippen molar-refractivity contribution in [3.05, 3.63) is 27.9 Å². The van der Waals surface area contributed by atoms with Crippen LogP contribution < -0.4 is 5.32 Å². The molecule has 108 valence electrons. The van der Waals surface area contributed by atoms with Crippen molar-refractivity contribution in [3.63, 3.8) is 0 Å². The van der Waals surface area contributed by atoms with Gasteiger partial charge in [0, 0.05) is 12.1 Å². The molecule has 20 heavy (non-hydrogen) atoms. The summed E-state index contributed by atoms with van der Waals surface area (Å²) in [5.41, 5.74) is 0.146. The molecule has 1 aliphatic rings. The molecule has 8 nitrogen and oxygen atoms in total. The molecule has 2 rings (SSSR count). The van der Waals surface area contributed by atoms with Gasteiger partial charge >= 0.3 is 11.8 Å². The molecule has 1 unspecified atom stereocenters. The number of nitrogens with one attached hydrogen (secondary N) is 1. The predicted molar refractivity (Wildman–Crippen MR) is 68.3 cm³/mol. The number of carbonyl (C=O) groups is 2. The minimum absolute atomic E-state index is 0.136. The van der Waals surface area contributed by atoms with Gasteiger partial charge in [-0.2, -0.15) is 0 Å². The van der Waals surface area contributed by atoms with Crippen LogP contribution in [0.4, 0.5) is 5.82 Å². The number of aromatic nitrogens is 1. The smallest absolute Gasteiger partial charge is 0.323 e. The van der Waals surface area contributed by atoms with E-state index in [2.05, 4.69) is 5.32 Å². The number of nitro groups is 1. The lowest BCUT2D eigenvalue weighted by Crippen LogP contribution is -2.38. The van der Waals surface area contributed by atoms with E-state index in [4.69, 9.17) is 5.11 Å². The minimum Gasteiger partial charge on any atom is -0.481 e. The summed E-state index contributed by atoms with van der Waals surface area (Å²) in [5.74, 6) is -1.46. The van der Waals surface area contributed by atoms with E-state index in [-0.39, 0.29) is 23.9 Å². The third-order valence-corrected chi connectivity index (χ3v) is 3.42. The number of amides is 1. The largest absolute Gasteiger partial charge is 0.481 e. The lowest BCUT2D eigenvalue weighted by atomic mass is 10.1. The van der Waals surface area contributed by atoms with Crippen LogP contribution in [0.15, 0.2) is 12.1 Å². The van der Waals surface area contributed by atoms with E-state index < -0.39 is 22.8 Å². The second kappa shape index (κ2) is 5.32. The van der Waals surface area contributed by atoms with Crippen LogP contribution in [0.25, 0.3) is 0 Å². The highest BCUT2D eigenvalue weighted by Gasteiger charge is 2.35. The van der Waals surface area contributed by atoms with Crippen molar-refractivity contribution >= 4 is 17.7 Å². The summed E-state index contributed by atoms with van der Waals surface area (Å²) >= 11 is 0. The number of carboxylic acid groups (broad SMARTS) is 1. The number of nitrogens with zero attached hydrogens (tertiary/aromatic N) is 2. The molecule has 1 aromatic heterocycles. The summed E-state index contributed by atoms with van der Waals surface area (Å²) in [5, 5.41) is 22.2. The zero-order valence-corrected chi connectivity index (χ0v) is 10.9. The van der Waals surface area contributed by atoms with Crippen molar-refractivity contribution in [3.8, 4) is 0 Å². The molecule has 0 aliphatic heterocycles. The molecular formula is C12H15N3O5. The number of aliphatic carboxylic acids is 1. The quantitative estimate of drug-likeness (QED) is 0.594. The Hall–Kier alpha value is -2.38. The maximum absolute atomic E-state index is 12.1. The molecule has 0 bridgehead atoms. The topological polar surface area (TPSA) is 114 Å². The molecule has 1 aliphatic carbocycles. The van der Waals surface area contributed by atoms with Crippen molar-refractivity contribution in [1.29, 1.82) is 0 Å². The molecule has 1 atom stereocenters. The van der Waals surface area contributed by atoms with Crippen LogP contribution in [0.3, 0.4) is 0 Å². The van der Waals surface area contributed by atoms with Crippen LogP contribution in [-0.2, 0) is 11.8 Å². The highest BCUT2D eigenvalue weighted by Crippen LogP contribution is 2.34. The van der Waals surface area contributed by atoms with Gasteiger partial charge in [-0.3, -0.25) is 9.59 Å². The number of rotatable bonds is 6. The van der Waals surface area contributed by atoms with Crippen molar-refractivity contribution < 1.29 is 19.6 Å². The molecule has 1 heterocycles. The van der Waals surface area contributed by atoms with Crippen LogP contribution in [0.5, 0.6) is 0 Å². The summed E-state index contributed by atoms with van der Waals surface area (Å²) in [4.78, 5) is 33.0. The molecule has 0 saturated heterocycles. The van der Waals surface area contributed by atoms with Crippen LogP contribution in [0.1, 0.15) is 29.8 Å². The van der Waals surface area contributed by atoms with Gasteiger partial charge in [0.2, 0.25) is 0 Å². The zero-order chi connectivity index (χ0) is 14.9. The fraction of sp³-hybridized carbons (Fsp3) is 0.500. The van der Waals surface area contributed by atoms with Gasteiger partial charge in [-0.1, -0.05) is 0 Å². The Balaban J connectivity index is 2.10. The lowest BCUT2D eigenvalue weighted by Gasteiger charge is -2.15. The second-order valence-electron chi connectivity index (χ2n) is 4.91. The third-order valence-electron chi connectivity index (χ3n) is 3.42. The standard InChI is InChI=1S/C12H15N3O5/c1-14-9(4-5-10(14)15(19)20)12(18)13-8(6-11(16)17)7-2-3-7/h4-5,7-8H,2-3,6H2,1H3,(H,13,18)(H,16,17). The Morgan fingerprint density at radius 3 is 2.65 bits per heavy atom. The van der Waals surface area contributed by atoms with E-state index in [9.17, 15) is 19.7 Å². The summed E-state index contributed by atoms with van der Waals surface area (Å²) < 4.78 is 1.18. The molecule has 1 amide bonds. The minimum atomic E-state index is -0.972. The molecule has 1 fully saturated rings. The SMILES string of the molecule is Cn1c(C(=O)NC(CC(=O)O)C2CC2)ccc1[N+](=O)[O-]. The van der Waals surface area contributed by atoms with Gasteiger partial charge in [0.05, 0.1) is 13.5 Å².